The van der Waals surface area contributed by atoms with Crippen molar-refractivity contribution in [3.8, 4) is 0 Å². The quantitative estimate of drug-likeness (QED) is 0.774. The molecule has 1 aromatic rings. The first-order valence-electron chi connectivity index (χ1n) is 5.42. The molecule has 76 valence electrons. The van der Waals surface area contributed by atoms with Crippen LogP contribution in [0.2, 0.25) is 0 Å². The van der Waals surface area contributed by atoms with Crippen LogP contribution in [-0.4, -0.2) is 11.0 Å². The topological polar surface area (TPSA) is 38.9 Å². The second-order valence-corrected chi connectivity index (χ2v) is 4.43. The molecule has 2 N–H and O–H groups in total. The Morgan fingerprint density at radius 3 is 2.93 bits per heavy atom. The summed E-state index contributed by atoms with van der Waals surface area (Å²) in [6.45, 7) is 2.28. The molecule has 0 radical (unpaired) electrons. The van der Waals surface area contributed by atoms with Gasteiger partial charge in [0, 0.05) is 18.4 Å². The molecule has 1 aliphatic carbocycles. The van der Waals surface area contributed by atoms with Gasteiger partial charge < -0.3 is 5.73 Å². The van der Waals surface area contributed by atoms with E-state index in [9.17, 15) is 0 Å². The van der Waals surface area contributed by atoms with Crippen LogP contribution >= 0.6 is 0 Å². The van der Waals surface area contributed by atoms with Gasteiger partial charge in [0.15, 0.2) is 0 Å². The smallest absolute Gasteiger partial charge is 0.0299 e. The third-order valence-corrected chi connectivity index (χ3v) is 3.51. The second-order valence-electron chi connectivity index (χ2n) is 4.43. The highest BCUT2D eigenvalue weighted by Crippen LogP contribution is 2.32. The van der Waals surface area contributed by atoms with Crippen molar-refractivity contribution >= 4 is 0 Å². The summed E-state index contributed by atoms with van der Waals surface area (Å²) in [6.07, 6.45) is 7.40. The Kier molecular flexibility index (Phi) is 2.82. The molecule has 3 atom stereocenters. The molecule has 0 amide bonds. The van der Waals surface area contributed by atoms with Gasteiger partial charge in [0.1, 0.15) is 0 Å². The maximum Gasteiger partial charge on any atom is 0.0299 e. The first kappa shape index (κ1) is 9.66. The fraction of sp³-hybridized carbons (Fsp3) is 0.583. The molecular weight excluding hydrogens is 172 g/mol. The number of nitrogens with two attached hydrogens (primary N) is 1. The SMILES string of the molecule is CC1C(N)CCC1Cc1cccnc1. The third-order valence-electron chi connectivity index (χ3n) is 3.51. The first-order chi connectivity index (χ1) is 6.77. The number of nitrogens with zero attached hydrogens (tertiary/aromatic N) is 1. The van der Waals surface area contributed by atoms with Crippen LogP contribution in [0.1, 0.15) is 25.3 Å². The summed E-state index contributed by atoms with van der Waals surface area (Å²) in [7, 11) is 0. The van der Waals surface area contributed by atoms with E-state index in [-0.39, 0.29) is 0 Å². The average Bonchev–Trinajstić information content (AvgIpc) is 2.52. The van der Waals surface area contributed by atoms with Crippen molar-refractivity contribution in [2.75, 3.05) is 0 Å². The van der Waals surface area contributed by atoms with Crippen LogP contribution in [0.4, 0.5) is 0 Å². The lowest BCUT2D eigenvalue weighted by molar-refractivity contribution is 0.390. The molecule has 1 aromatic heterocycles. The molecule has 1 heterocycles. The zero-order valence-corrected chi connectivity index (χ0v) is 8.69. The molecule has 0 spiro atoms. The molecule has 0 bridgehead atoms. The van der Waals surface area contributed by atoms with Crippen LogP contribution in [0.15, 0.2) is 24.5 Å². The van der Waals surface area contributed by atoms with Gasteiger partial charge in [-0.2, -0.15) is 0 Å². The Morgan fingerprint density at radius 1 is 1.50 bits per heavy atom. The monoisotopic (exact) mass is 190 g/mol. The van der Waals surface area contributed by atoms with Crippen LogP contribution in [0.5, 0.6) is 0 Å². The van der Waals surface area contributed by atoms with E-state index in [2.05, 4.69) is 18.0 Å². The van der Waals surface area contributed by atoms with Crippen molar-refractivity contribution in [1.82, 2.24) is 4.98 Å². The maximum atomic E-state index is 6.01. The van der Waals surface area contributed by atoms with E-state index in [0.717, 1.165) is 12.3 Å². The molecule has 2 rings (SSSR count). The lowest BCUT2D eigenvalue weighted by Crippen LogP contribution is -2.25. The number of hydrogen-bond donors (Lipinski definition) is 1. The van der Waals surface area contributed by atoms with E-state index in [1.54, 1.807) is 0 Å². The third kappa shape index (κ3) is 1.95. The minimum atomic E-state index is 0.414. The summed E-state index contributed by atoms with van der Waals surface area (Å²) in [6, 6.07) is 4.58. The average molecular weight is 190 g/mol. The molecule has 0 aromatic carbocycles. The molecular formula is C12H18N2. The predicted molar refractivity (Wildman–Crippen MR) is 57.8 cm³/mol. The number of hydrogen-bond acceptors (Lipinski definition) is 2. The van der Waals surface area contributed by atoms with Crippen LogP contribution < -0.4 is 5.73 Å². The molecule has 14 heavy (non-hydrogen) atoms. The molecule has 1 fully saturated rings. The van der Waals surface area contributed by atoms with Crippen LogP contribution in [0.25, 0.3) is 0 Å². The van der Waals surface area contributed by atoms with E-state index >= 15 is 0 Å². The molecule has 1 saturated carbocycles. The number of pyridine rings is 1. The van der Waals surface area contributed by atoms with E-state index < -0.39 is 0 Å². The zero-order valence-electron chi connectivity index (χ0n) is 8.69. The van der Waals surface area contributed by atoms with Crippen LogP contribution in [-0.2, 0) is 6.42 Å². The summed E-state index contributed by atoms with van der Waals surface area (Å²) in [5, 5.41) is 0. The maximum absolute atomic E-state index is 6.01. The van der Waals surface area contributed by atoms with Crippen molar-refractivity contribution in [3.63, 3.8) is 0 Å². The minimum Gasteiger partial charge on any atom is -0.327 e. The Labute approximate surface area is 85.5 Å². The minimum absolute atomic E-state index is 0.414. The highest BCUT2D eigenvalue weighted by atomic mass is 14.7. The fourth-order valence-electron chi connectivity index (χ4n) is 2.39. The lowest BCUT2D eigenvalue weighted by atomic mass is 9.90. The van der Waals surface area contributed by atoms with Gasteiger partial charge >= 0.3 is 0 Å². The summed E-state index contributed by atoms with van der Waals surface area (Å²) in [5.74, 6) is 1.42. The number of aromatic nitrogens is 1. The van der Waals surface area contributed by atoms with E-state index in [4.69, 9.17) is 5.73 Å². The van der Waals surface area contributed by atoms with Gasteiger partial charge in [-0.3, -0.25) is 4.98 Å². The predicted octanol–water partition coefficient (Wildman–Crippen LogP) is 2.00. The van der Waals surface area contributed by atoms with Crippen molar-refractivity contribution in [2.45, 2.75) is 32.2 Å². The molecule has 2 nitrogen and oxygen atoms in total. The van der Waals surface area contributed by atoms with Gasteiger partial charge in [-0.1, -0.05) is 13.0 Å². The normalized spacial score (nSPS) is 32.0. The molecule has 0 aliphatic heterocycles. The van der Waals surface area contributed by atoms with E-state index in [1.807, 2.05) is 18.5 Å². The summed E-state index contributed by atoms with van der Waals surface area (Å²) in [5.41, 5.74) is 7.35. The Hall–Kier alpha value is -0.890. The van der Waals surface area contributed by atoms with Crippen LogP contribution in [0, 0.1) is 11.8 Å². The second kappa shape index (κ2) is 4.09. The highest BCUT2D eigenvalue weighted by molar-refractivity contribution is 5.10. The Balaban J connectivity index is 1.99. The van der Waals surface area contributed by atoms with Crippen molar-refractivity contribution in [1.29, 1.82) is 0 Å². The summed E-state index contributed by atoms with van der Waals surface area (Å²) >= 11 is 0. The standard InChI is InChI=1S/C12H18N2/c1-9-11(4-5-12(9)13)7-10-3-2-6-14-8-10/h2-3,6,8-9,11-12H,4-5,7,13H2,1H3. The summed E-state index contributed by atoms with van der Waals surface area (Å²) < 4.78 is 0. The molecule has 0 saturated heterocycles. The molecule has 2 heteroatoms. The van der Waals surface area contributed by atoms with E-state index in [0.29, 0.717) is 12.0 Å². The molecule has 3 unspecified atom stereocenters. The van der Waals surface area contributed by atoms with Gasteiger partial charge in [-0.05, 0) is 42.7 Å². The largest absolute Gasteiger partial charge is 0.327 e. The Morgan fingerprint density at radius 2 is 2.36 bits per heavy atom. The lowest BCUT2D eigenvalue weighted by Gasteiger charge is -2.17. The van der Waals surface area contributed by atoms with Gasteiger partial charge in [-0.25, -0.2) is 0 Å². The van der Waals surface area contributed by atoms with Crippen molar-refractivity contribution < 1.29 is 0 Å². The summed E-state index contributed by atoms with van der Waals surface area (Å²) in [4.78, 5) is 4.14. The highest BCUT2D eigenvalue weighted by Gasteiger charge is 2.29. The van der Waals surface area contributed by atoms with Crippen LogP contribution in [0.3, 0.4) is 0 Å². The van der Waals surface area contributed by atoms with Gasteiger partial charge in [0.25, 0.3) is 0 Å². The van der Waals surface area contributed by atoms with Gasteiger partial charge in [-0.15, -0.1) is 0 Å². The van der Waals surface area contributed by atoms with E-state index in [1.165, 1.54) is 18.4 Å². The van der Waals surface area contributed by atoms with Gasteiger partial charge in [0.05, 0.1) is 0 Å². The van der Waals surface area contributed by atoms with Crippen molar-refractivity contribution in [3.05, 3.63) is 30.1 Å². The first-order valence-corrected chi connectivity index (χ1v) is 5.42. The fourth-order valence-corrected chi connectivity index (χ4v) is 2.39. The molecule has 1 aliphatic rings. The van der Waals surface area contributed by atoms with Crippen molar-refractivity contribution in [2.24, 2.45) is 17.6 Å². The zero-order chi connectivity index (χ0) is 9.97. The number of rotatable bonds is 2. The Bertz CT molecular complexity index is 284. The van der Waals surface area contributed by atoms with Gasteiger partial charge in [0.2, 0.25) is 0 Å².